The molecule has 144 valence electrons. The third kappa shape index (κ3) is 3.77. The standard InChI is InChI=1S/C18H16FN5O3S/c1-8-3-4-10(15-23-17(27-24-15)11-6-12(11)19)5-13(8)22-16(26)14-7-20-18(28-14)21-9(2)25/h3-5,7,11-12H,6H2,1-2H3,(H,22,26)(H,20,21,25)/t11-,12-/m0/s1. The van der Waals surface area contributed by atoms with Crippen LogP contribution in [0, 0.1) is 6.92 Å². The minimum Gasteiger partial charge on any atom is -0.339 e. The van der Waals surface area contributed by atoms with E-state index in [0.29, 0.717) is 39.4 Å². The lowest BCUT2D eigenvalue weighted by Gasteiger charge is -2.08. The number of carbonyl (C=O) groups excluding carboxylic acids is 2. The summed E-state index contributed by atoms with van der Waals surface area (Å²) in [6.45, 7) is 3.23. The van der Waals surface area contributed by atoms with Crippen LogP contribution in [0.1, 0.15) is 40.4 Å². The number of hydrogen-bond acceptors (Lipinski definition) is 7. The Bertz CT molecular complexity index is 1060. The predicted octanol–water partition coefficient (Wildman–Crippen LogP) is 3.54. The molecule has 0 bridgehead atoms. The number of nitrogens with zero attached hydrogens (tertiary/aromatic N) is 3. The molecule has 8 nitrogen and oxygen atoms in total. The van der Waals surface area contributed by atoms with Crippen LogP contribution in [-0.4, -0.2) is 33.1 Å². The molecule has 1 aliphatic carbocycles. The van der Waals surface area contributed by atoms with E-state index in [1.807, 2.05) is 13.0 Å². The molecule has 2 atom stereocenters. The van der Waals surface area contributed by atoms with Crippen molar-refractivity contribution in [3.05, 3.63) is 40.7 Å². The van der Waals surface area contributed by atoms with Gasteiger partial charge >= 0.3 is 0 Å². The summed E-state index contributed by atoms with van der Waals surface area (Å²) in [4.78, 5) is 32.2. The maximum atomic E-state index is 13.2. The predicted molar refractivity (Wildman–Crippen MR) is 101 cm³/mol. The molecule has 1 aromatic carbocycles. The van der Waals surface area contributed by atoms with Gasteiger partial charge in [-0.15, -0.1) is 0 Å². The molecular weight excluding hydrogens is 385 g/mol. The van der Waals surface area contributed by atoms with Gasteiger partial charge in [-0.05, 0) is 25.0 Å². The fourth-order valence-electron chi connectivity index (χ4n) is 2.59. The molecule has 0 unspecified atom stereocenters. The Morgan fingerprint density at radius 1 is 1.32 bits per heavy atom. The van der Waals surface area contributed by atoms with Crippen LogP contribution in [0.5, 0.6) is 0 Å². The first kappa shape index (κ1) is 18.2. The summed E-state index contributed by atoms with van der Waals surface area (Å²) in [5.74, 6) is -0.273. The lowest BCUT2D eigenvalue weighted by atomic mass is 10.1. The third-order valence-electron chi connectivity index (χ3n) is 4.23. The highest BCUT2D eigenvalue weighted by molar-refractivity contribution is 7.17. The normalized spacial score (nSPS) is 18.0. The van der Waals surface area contributed by atoms with E-state index in [2.05, 4.69) is 25.8 Å². The SMILES string of the molecule is CC(=O)Nc1ncc(C(=O)Nc2cc(-c3noc([C@H]4C[C@@H]4F)n3)ccc2C)s1. The van der Waals surface area contributed by atoms with E-state index < -0.39 is 6.17 Å². The van der Waals surface area contributed by atoms with Crippen molar-refractivity contribution in [1.29, 1.82) is 0 Å². The van der Waals surface area contributed by atoms with Crippen LogP contribution in [-0.2, 0) is 4.79 Å². The maximum Gasteiger partial charge on any atom is 0.267 e. The number of thiazole rings is 1. The highest BCUT2D eigenvalue weighted by Gasteiger charge is 2.43. The van der Waals surface area contributed by atoms with Crippen LogP contribution in [0.3, 0.4) is 0 Å². The van der Waals surface area contributed by atoms with E-state index in [9.17, 15) is 14.0 Å². The van der Waals surface area contributed by atoms with Gasteiger partial charge < -0.3 is 15.2 Å². The van der Waals surface area contributed by atoms with Crippen molar-refractivity contribution < 1.29 is 18.5 Å². The number of benzene rings is 1. The molecular formula is C18H16FN5O3S. The summed E-state index contributed by atoms with van der Waals surface area (Å²) < 4.78 is 18.3. The third-order valence-corrected chi connectivity index (χ3v) is 5.14. The zero-order chi connectivity index (χ0) is 19.8. The highest BCUT2D eigenvalue weighted by Crippen LogP contribution is 2.43. The van der Waals surface area contributed by atoms with Crippen molar-refractivity contribution >= 4 is 34.0 Å². The van der Waals surface area contributed by atoms with Crippen LogP contribution >= 0.6 is 11.3 Å². The van der Waals surface area contributed by atoms with Gasteiger partial charge in [0, 0.05) is 18.2 Å². The zero-order valence-electron chi connectivity index (χ0n) is 15.0. The quantitative estimate of drug-likeness (QED) is 0.677. The monoisotopic (exact) mass is 401 g/mol. The molecule has 2 amide bonds. The largest absolute Gasteiger partial charge is 0.339 e. The number of anilines is 2. The second-order valence-electron chi connectivity index (χ2n) is 6.51. The average Bonchev–Trinajstić information content (AvgIpc) is 3.04. The first-order valence-electron chi connectivity index (χ1n) is 8.54. The van der Waals surface area contributed by atoms with Gasteiger partial charge in [0.25, 0.3) is 5.91 Å². The molecule has 2 aromatic heterocycles. The Balaban J connectivity index is 1.52. The zero-order valence-corrected chi connectivity index (χ0v) is 15.8. The average molecular weight is 401 g/mol. The highest BCUT2D eigenvalue weighted by atomic mass is 32.1. The van der Waals surface area contributed by atoms with E-state index in [1.54, 1.807) is 12.1 Å². The number of nitrogens with one attached hydrogen (secondary N) is 2. The van der Waals surface area contributed by atoms with Crippen LogP contribution in [0.25, 0.3) is 11.4 Å². The van der Waals surface area contributed by atoms with E-state index in [1.165, 1.54) is 13.1 Å². The summed E-state index contributed by atoms with van der Waals surface area (Å²) in [5, 5.41) is 9.63. The number of alkyl halides is 1. The van der Waals surface area contributed by atoms with Crippen molar-refractivity contribution in [2.45, 2.75) is 32.4 Å². The molecule has 1 aliphatic rings. The Morgan fingerprint density at radius 3 is 2.82 bits per heavy atom. The van der Waals surface area contributed by atoms with Gasteiger partial charge in [-0.3, -0.25) is 9.59 Å². The topological polar surface area (TPSA) is 110 Å². The smallest absolute Gasteiger partial charge is 0.267 e. The van der Waals surface area contributed by atoms with Gasteiger partial charge in [-0.1, -0.05) is 28.6 Å². The summed E-state index contributed by atoms with van der Waals surface area (Å²) in [7, 11) is 0. The van der Waals surface area contributed by atoms with E-state index >= 15 is 0 Å². The number of hydrogen-bond donors (Lipinski definition) is 2. The Labute approximate surface area is 163 Å². The van der Waals surface area contributed by atoms with Crippen LogP contribution in [0.4, 0.5) is 15.2 Å². The van der Waals surface area contributed by atoms with Crippen molar-refractivity contribution in [2.24, 2.45) is 0 Å². The number of carbonyl (C=O) groups is 2. The molecule has 2 N–H and O–H groups in total. The molecule has 0 saturated heterocycles. The van der Waals surface area contributed by atoms with Crippen LogP contribution in [0.15, 0.2) is 28.9 Å². The van der Waals surface area contributed by atoms with E-state index in [-0.39, 0.29) is 17.7 Å². The molecule has 10 heteroatoms. The fraction of sp³-hybridized carbons (Fsp3) is 0.278. The van der Waals surface area contributed by atoms with Crippen molar-refractivity contribution in [3.63, 3.8) is 0 Å². The van der Waals surface area contributed by atoms with Crippen LogP contribution < -0.4 is 10.6 Å². The first-order chi connectivity index (χ1) is 13.4. The first-order valence-corrected chi connectivity index (χ1v) is 9.36. The summed E-state index contributed by atoms with van der Waals surface area (Å²) in [6, 6.07) is 5.37. The van der Waals surface area contributed by atoms with Crippen molar-refractivity contribution in [2.75, 3.05) is 10.6 Å². The second-order valence-corrected chi connectivity index (χ2v) is 7.54. The second kappa shape index (κ2) is 7.12. The number of amides is 2. The van der Waals surface area contributed by atoms with Gasteiger partial charge in [0.15, 0.2) is 5.13 Å². The molecule has 1 saturated carbocycles. The molecule has 3 aromatic rings. The van der Waals surface area contributed by atoms with E-state index in [4.69, 9.17) is 4.52 Å². The summed E-state index contributed by atoms with van der Waals surface area (Å²) in [5.41, 5.74) is 2.08. The van der Waals surface area contributed by atoms with Gasteiger partial charge in [0.1, 0.15) is 11.0 Å². The number of aryl methyl sites for hydroxylation is 1. The van der Waals surface area contributed by atoms with E-state index in [0.717, 1.165) is 16.9 Å². The van der Waals surface area contributed by atoms with Crippen molar-refractivity contribution in [1.82, 2.24) is 15.1 Å². The Kier molecular flexibility index (Phi) is 4.63. The molecule has 4 rings (SSSR count). The number of aromatic nitrogens is 3. The molecule has 0 aliphatic heterocycles. The van der Waals surface area contributed by atoms with Crippen LogP contribution in [0.2, 0.25) is 0 Å². The minimum absolute atomic E-state index is 0.255. The minimum atomic E-state index is -0.914. The van der Waals surface area contributed by atoms with Gasteiger partial charge in [0.2, 0.25) is 17.6 Å². The summed E-state index contributed by atoms with van der Waals surface area (Å²) in [6.07, 6.45) is 0.897. The molecule has 0 radical (unpaired) electrons. The van der Waals surface area contributed by atoms with Gasteiger partial charge in [0.05, 0.1) is 12.1 Å². The number of rotatable bonds is 5. The van der Waals surface area contributed by atoms with Gasteiger partial charge in [-0.2, -0.15) is 4.98 Å². The number of halogens is 1. The molecule has 1 fully saturated rings. The Hall–Kier alpha value is -3.14. The fourth-order valence-corrected chi connectivity index (χ4v) is 3.35. The van der Waals surface area contributed by atoms with Gasteiger partial charge in [-0.25, -0.2) is 9.37 Å². The lowest BCUT2D eigenvalue weighted by Crippen LogP contribution is -2.11. The summed E-state index contributed by atoms with van der Waals surface area (Å²) >= 11 is 1.08. The lowest BCUT2D eigenvalue weighted by molar-refractivity contribution is -0.114. The Morgan fingerprint density at radius 2 is 2.11 bits per heavy atom. The molecule has 28 heavy (non-hydrogen) atoms. The molecule has 2 heterocycles. The molecule has 0 spiro atoms. The maximum absolute atomic E-state index is 13.2. The van der Waals surface area contributed by atoms with Crippen molar-refractivity contribution in [3.8, 4) is 11.4 Å².